The summed E-state index contributed by atoms with van der Waals surface area (Å²) in [4.78, 5) is 0. The molecule has 1 aromatic heterocycles. The first-order valence-electron chi connectivity index (χ1n) is 7.23. The molecule has 22 heavy (non-hydrogen) atoms. The van der Waals surface area contributed by atoms with Gasteiger partial charge in [-0.05, 0) is 22.9 Å². The normalized spacial score (nSPS) is 10.8. The molecule has 0 fully saturated rings. The molecule has 1 heterocycles. The molecule has 0 spiro atoms. The van der Waals surface area contributed by atoms with Crippen LogP contribution in [0.1, 0.15) is 5.56 Å². The van der Waals surface area contributed by atoms with Gasteiger partial charge in [-0.15, -0.1) is 0 Å². The van der Waals surface area contributed by atoms with E-state index in [1.807, 2.05) is 0 Å². The SMILES string of the molecule is C[n+]1cn(Cc2cccc3ccccc23)c2ccccc21.[Cl-]. The third-order valence-corrected chi connectivity index (χ3v) is 4.10. The molecule has 3 heteroatoms. The molecule has 0 unspecified atom stereocenters. The van der Waals surface area contributed by atoms with Gasteiger partial charge in [-0.2, -0.15) is 0 Å². The number of aryl methyl sites for hydroxylation is 1. The summed E-state index contributed by atoms with van der Waals surface area (Å²) in [6.07, 6.45) is 2.17. The highest BCUT2D eigenvalue weighted by Gasteiger charge is 2.13. The second-order valence-electron chi connectivity index (χ2n) is 5.48. The predicted octanol–water partition coefficient (Wildman–Crippen LogP) is 0.671. The fourth-order valence-electron chi connectivity index (χ4n) is 3.08. The Morgan fingerprint density at radius 2 is 1.59 bits per heavy atom. The van der Waals surface area contributed by atoms with Crippen molar-refractivity contribution < 1.29 is 17.0 Å². The Bertz CT molecular complexity index is 935. The van der Waals surface area contributed by atoms with Crippen LogP contribution >= 0.6 is 0 Å². The van der Waals surface area contributed by atoms with Crippen LogP contribution in [0.15, 0.2) is 73.1 Å². The number of rotatable bonds is 2. The Labute approximate surface area is 136 Å². The average Bonchev–Trinajstić information content (AvgIpc) is 2.85. The summed E-state index contributed by atoms with van der Waals surface area (Å²) in [5.41, 5.74) is 3.89. The molecule has 0 bridgehead atoms. The van der Waals surface area contributed by atoms with Crippen molar-refractivity contribution in [3.05, 3.63) is 78.6 Å². The van der Waals surface area contributed by atoms with Crippen molar-refractivity contribution in [2.45, 2.75) is 6.54 Å². The maximum Gasteiger partial charge on any atom is 0.244 e. The Kier molecular flexibility index (Phi) is 3.86. The summed E-state index contributed by atoms with van der Waals surface area (Å²) < 4.78 is 4.50. The standard InChI is InChI=1S/C19H17N2.ClH/c1-20-14-21(19-12-5-4-11-18(19)20)13-16-9-6-8-15-7-2-3-10-17(15)16;/h2-12,14H,13H2,1H3;1H/q+1;/p-1. The topological polar surface area (TPSA) is 8.81 Å². The van der Waals surface area contributed by atoms with E-state index in [9.17, 15) is 0 Å². The van der Waals surface area contributed by atoms with Gasteiger partial charge in [0.05, 0.1) is 7.05 Å². The van der Waals surface area contributed by atoms with E-state index < -0.39 is 0 Å². The van der Waals surface area contributed by atoms with Gasteiger partial charge in [0.1, 0.15) is 6.54 Å². The minimum Gasteiger partial charge on any atom is -1.00 e. The molecule has 0 radical (unpaired) electrons. The van der Waals surface area contributed by atoms with Crippen LogP contribution in [0.2, 0.25) is 0 Å². The molecule has 0 atom stereocenters. The summed E-state index contributed by atoms with van der Waals surface area (Å²) >= 11 is 0. The van der Waals surface area contributed by atoms with Gasteiger partial charge in [-0.3, -0.25) is 0 Å². The first-order chi connectivity index (χ1) is 10.3. The van der Waals surface area contributed by atoms with Crippen molar-refractivity contribution in [3.63, 3.8) is 0 Å². The van der Waals surface area contributed by atoms with E-state index in [1.165, 1.54) is 27.4 Å². The molecule has 0 amide bonds. The number of aromatic nitrogens is 2. The van der Waals surface area contributed by atoms with E-state index in [0.717, 1.165) is 6.54 Å². The molecule has 2 nitrogen and oxygen atoms in total. The summed E-state index contributed by atoms with van der Waals surface area (Å²) in [5.74, 6) is 0. The highest BCUT2D eigenvalue weighted by atomic mass is 35.5. The van der Waals surface area contributed by atoms with Gasteiger partial charge in [0.15, 0.2) is 11.0 Å². The lowest BCUT2D eigenvalue weighted by Gasteiger charge is -2.04. The molecule has 0 saturated carbocycles. The fraction of sp³-hybridized carbons (Fsp3) is 0.105. The zero-order chi connectivity index (χ0) is 14.2. The molecule has 110 valence electrons. The quantitative estimate of drug-likeness (QED) is 0.481. The van der Waals surface area contributed by atoms with Gasteiger partial charge < -0.3 is 12.4 Å². The van der Waals surface area contributed by atoms with E-state index in [4.69, 9.17) is 0 Å². The van der Waals surface area contributed by atoms with Crippen LogP contribution in [0.3, 0.4) is 0 Å². The maximum absolute atomic E-state index is 2.32. The van der Waals surface area contributed by atoms with Crippen LogP contribution in [-0.4, -0.2) is 4.57 Å². The highest BCUT2D eigenvalue weighted by Crippen LogP contribution is 2.21. The van der Waals surface area contributed by atoms with Crippen molar-refractivity contribution in [2.75, 3.05) is 0 Å². The molecular weight excluding hydrogens is 292 g/mol. The summed E-state index contributed by atoms with van der Waals surface area (Å²) in [7, 11) is 2.10. The minimum absolute atomic E-state index is 0. The van der Waals surface area contributed by atoms with E-state index in [0.29, 0.717) is 0 Å². The van der Waals surface area contributed by atoms with Gasteiger partial charge >= 0.3 is 0 Å². The van der Waals surface area contributed by atoms with Gasteiger partial charge in [0.25, 0.3) is 0 Å². The van der Waals surface area contributed by atoms with E-state index in [2.05, 4.69) is 89.2 Å². The van der Waals surface area contributed by atoms with Crippen LogP contribution in [0, 0.1) is 0 Å². The fourth-order valence-corrected chi connectivity index (χ4v) is 3.08. The van der Waals surface area contributed by atoms with Gasteiger partial charge in [0.2, 0.25) is 6.33 Å². The summed E-state index contributed by atoms with van der Waals surface area (Å²) in [5, 5.41) is 2.64. The second kappa shape index (κ2) is 5.82. The first-order valence-corrected chi connectivity index (χ1v) is 7.23. The third kappa shape index (κ3) is 2.36. The molecule has 0 aliphatic rings. The second-order valence-corrected chi connectivity index (χ2v) is 5.48. The molecule has 0 saturated heterocycles. The minimum atomic E-state index is 0. The lowest BCUT2D eigenvalue weighted by Crippen LogP contribution is -3.00. The number of hydrogen-bond acceptors (Lipinski definition) is 0. The van der Waals surface area contributed by atoms with Crippen LogP contribution < -0.4 is 17.0 Å². The lowest BCUT2D eigenvalue weighted by molar-refractivity contribution is -0.645. The zero-order valence-corrected chi connectivity index (χ0v) is 13.2. The third-order valence-electron chi connectivity index (χ3n) is 4.10. The maximum atomic E-state index is 2.32. The number of hydrogen-bond donors (Lipinski definition) is 0. The number of nitrogens with zero attached hydrogens (tertiary/aromatic N) is 2. The summed E-state index contributed by atoms with van der Waals surface area (Å²) in [6, 6.07) is 23.6. The van der Waals surface area contributed by atoms with E-state index in [1.54, 1.807) is 0 Å². The molecule has 0 aliphatic heterocycles. The van der Waals surface area contributed by atoms with E-state index in [-0.39, 0.29) is 12.4 Å². The van der Waals surface area contributed by atoms with Crippen LogP contribution in [0.25, 0.3) is 21.8 Å². The first kappa shape index (κ1) is 14.6. The Morgan fingerprint density at radius 1 is 0.864 bits per heavy atom. The van der Waals surface area contributed by atoms with Crippen molar-refractivity contribution in [2.24, 2.45) is 7.05 Å². The smallest absolute Gasteiger partial charge is 0.244 e. The Hall–Kier alpha value is -2.32. The number of benzene rings is 3. The number of halogens is 1. The predicted molar refractivity (Wildman–Crippen MR) is 86.2 cm³/mol. The summed E-state index contributed by atoms with van der Waals surface area (Å²) in [6.45, 7) is 0.892. The number of para-hydroxylation sites is 2. The largest absolute Gasteiger partial charge is 1.00 e. The highest BCUT2D eigenvalue weighted by molar-refractivity contribution is 5.85. The van der Waals surface area contributed by atoms with Crippen molar-refractivity contribution >= 4 is 21.8 Å². The van der Waals surface area contributed by atoms with Crippen LogP contribution in [0.5, 0.6) is 0 Å². The zero-order valence-electron chi connectivity index (χ0n) is 12.4. The Balaban J connectivity index is 0.00000144. The van der Waals surface area contributed by atoms with Gasteiger partial charge in [0, 0.05) is 5.56 Å². The van der Waals surface area contributed by atoms with Crippen molar-refractivity contribution in [3.8, 4) is 0 Å². The molecule has 4 aromatic rings. The Morgan fingerprint density at radius 3 is 2.50 bits per heavy atom. The molecule has 0 N–H and O–H groups in total. The van der Waals surface area contributed by atoms with Gasteiger partial charge in [-0.1, -0.05) is 54.6 Å². The number of imidazole rings is 1. The van der Waals surface area contributed by atoms with E-state index >= 15 is 0 Å². The van der Waals surface area contributed by atoms with Crippen LogP contribution in [-0.2, 0) is 13.6 Å². The molecule has 4 rings (SSSR count). The molecular formula is C19H17ClN2. The monoisotopic (exact) mass is 308 g/mol. The van der Waals surface area contributed by atoms with Gasteiger partial charge in [-0.25, -0.2) is 9.13 Å². The lowest BCUT2D eigenvalue weighted by atomic mass is 10.0. The molecule has 0 aliphatic carbocycles. The molecule has 3 aromatic carbocycles. The average molecular weight is 309 g/mol. The van der Waals surface area contributed by atoms with Crippen molar-refractivity contribution in [1.82, 2.24) is 4.57 Å². The number of fused-ring (bicyclic) bond motifs is 2. The van der Waals surface area contributed by atoms with Crippen molar-refractivity contribution in [1.29, 1.82) is 0 Å². The van der Waals surface area contributed by atoms with Crippen LogP contribution in [0.4, 0.5) is 0 Å².